The highest BCUT2D eigenvalue weighted by atomic mass is 127. The second-order valence-corrected chi connectivity index (χ2v) is 11.5. The SMILES string of the molecule is COc1cccc2c1C(=O)c1c(O)c3c(c(O)c1C2=O)C[C@@](O)(C(=O)CO)C[C@@H]3O[C@@H]1O[C@@H](C)C[C@@H](O)[C@H]1I. The zero-order chi connectivity index (χ0) is 28.4. The summed E-state index contributed by atoms with van der Waals surface area (Å²) in [5, 5.41) is 54.1. The molecule has 0 saturated carbocycles. The number of hydrogen-bond donors (Lipinski definition) is 5. The summed E-state index contributed by atoms with van der Waals surface area (Å²) < 4.78 is 16.7. The molecule has 6 atom stereocenters. The van der Waals surface area contributed by atoms with Gasteiger partial charge >= 0.3 is 0 Å². The summed E-state index contributed by atoms with van der Waals surface area (Å²) in [6, 6.07) is 4.39. The molecule has 5 N–H and O–H groups in total. The quantitative estimate of drug-likeness (QED) is 0.153. The fraction of sp³-hybridized carbons (Fsp3) is 0.444. The minimum absolute atomic E-state index is 0.0434. The monoisotopic (exact) mass is 654 g/mol. The van der Waals surface area contributed by atoms with E-state index in [1.807, 2.05) is 22.6 Å². The fourth-order valence-corrected chi connectivity index (χ4v) is 6.31. The highest BCUT2D eigenvalue weighted by Gasteiger charge is 2.50. The van der Waals surface area contributed by atoms with Gasteiger partial charge in [-0.1, -0.05) is 34.7 Å². The van der Waals surface area contributed by atoms with Gasteiger partial charge in [0.25, 0.3) is 0 Å². The van der Waals surface area contributed by atoms with Crippen LogP contribution >= 0.6 is 22.6 Å². The van der Waals surface area contributed by atoms with Crippen molar-refractivity contribution in [3.8, 4) is 17.2 Å². The number of methoxy groups -OCH3 is 1. The first kappa shape index (κ1) is 27.9. The number of halogens is 1. The van der Waals surface area contributed by atoms with E-state index in [9.17, 15) is 39.9 Å². The summed E-state index contributed by atoms with van der Waals surface area (Å²) in [5.74, 6) is -3.70. The van der Waals surface area contributed by atoms with Gasteiger partial charge in [-0.3, -0.25) is 14.4 Å². The number of fused-ring (bicyclic) bond motifs is 3. The molecule has 0 bridgehead atoms. The largest absolute Gasteiger partial charge is 0.507 e. The van der Waals surface area contributed by atoms with E-state index in [0.29, 0.717) is 6.42 Å². The van der Waals surface area contributed by atoms with Crippen LogP contribution in [0.5, 0.6) is 17.2 Å². The molecule has 0 spiro atoms. The number of phenolic OH excluding ortho intramolecular Hbond substituents is 2. The van der Waals surface area contributed by atoms with Gasteiger partial charge in [-0.05, 0) is 13.0 Å². The Morgan fingerprint density at radius 2 is 1.85 bits per heavy atom. The summed E-state index contributed by atoms with van der Waals surface area (Å²) in [5.41, 5.74) is -3.54. The van der Waals surface area contributed by atoms with Crippen molar-refractivity contribution in [3.63, 3.8) is 0 Å². The summed E-state index contributed by atoms with van der Waals surface area (Å²) in [7, 11) is 1.33. The van der Waals surface area contributed by atoms with Crippen LogP contribution in [0.3, 0.4) is 0 Å². The summed E-state index contributed by atoms with van der Waals surface area (Å²) in [4.78, 5) is 39.8. The Morgan fingerprint density at radius 1 is 1.15 bits per heavy atom. The lowest BCUT2D eigenvalue weighted by atomic mass is 9.72. The van der Waals surface area contributed by atoms with Crippen molar-refractivity contribution in [2.24, 2.45) is 0 Å². The molecule has 0 amide bonds. The van der Waals surface area contributed by atoms with Crippen LogP contribution in [0.1, 0.15) is 68.8 Å². The molecule has 0 radical (unpaired) electrons. The van der Waals surface area contributed by atoms with Crippen molar-refractivity contribution in [2.75, 3.05) is 13.7 Å². The standard InChI is InChI=1S/C27H27IO11/c1-10-6-13(30)21(28)26(38-10)39-15-8-27(36,16(31)9-29)7-12-18(15)25(35)20-19(23(12)33)22(32)11-4-3-5-14(37-2)17(11)24(20)34/h3-5,10,13,15,21,26,29-30,33,35-36H,6-9H2,1-2H3/t10-,13+,15-,21+,26-,27-/m0/s1. The maximum atomic E-state index is 13.7. The van der Waals surface area contributed by atoms with Crippen LogP contribution in [0.2, 0.25) is 0 Å². The van der Waals surface area contributed by atoms with Crippen molar-refractivity contribution >= 4 is 39.9 Å². The fourth-order valence-electron chi connectivity index (χ4n) is 5.67. The molecule has 0 unspecified atom stereocenters. The molecule has 1 saturated heterocycles. The van der Waals surface area contributed by atoms with Crippen molar-refractivity contribution in [1.29, 1.82) is 0 Å². The second kappa shape index (κ2) is 10.1. The highest BCUT2D eigenvalue weighted by molar-refractivity contribution is 14.1. The third-order valence-electron chi connectivity index (χ3n) is 7.60. The van der Waals surface area contributed by atoms with Crippen LogP contribution < -0.4 is 4.74 Å². The molecule has 3 aliphatic rings. The molecule has 0 aromatic heterocycles. The van der Waals surface area contributed by atoms with Gasteiger partial charge in [0.15, 0.2) is 17.9 Å². The minimum atomic E-state index is -2.23. The lowest BCUT2D eigenvalue weighted by Crippen LogP contribution is -2.50. The first-order valence-corrected chi connectivity index (χ1v) is 13.5. The molecule has 5 rings (SSSR count). The number of phenols is 2. The Kier molecular flexibility index (Phi) is 7.23. The van der Waals surface area contributed by atoms with Crippen LogP contribution in [-0.2, 0) is 20.7 Å². The van der Waals surface area contributed by atoms with Gasteiger partial charge in [0.05, 0.1) is 46.0 Å². The van der Waals surface area contributed by atoms with Gasteiger partial charge in [-0.25, -0.2) is 0 Å². The van der Waals surface area contributed by atoms with Crippen molar-refractivity contribution in [2.45, 2.75) is 60.3 Å². The van der Waals surface area contributed by atoms with E-state index in [2.05, 4.69) is 0 Å². The number of carbonyl (C=O) groups is 3. The smallest absolute Gasteiger partial charge is 0.202 e. The van der Waals surface area contributed by atoms with E-state index in [-0.39, 0.29) is 28.0 Å². The molecule has 1 aliphatic heterocycles. The number of ether oxygens (including phenoxy) is 3. The molecule has 2 aliphatic carbocycles. The minimum Gasteiger partial charge on any atom is -0.507 e. The van der Waals surface area contributed by atoms with Crippen LogP contribution in [0.4, 0.5) is 0 Å². The molecular formula is C27H27IO11. The maximum absolute atomic E-state index is 13.7. The van der Waals surface area contributed by atoms with Gasteiger partial charge < -0.3 is 39.7 Å². The van der Waals surface area contributed by atoms with Crippen molar-refractivity contribution in [1.82, 2.24) is 0 Å². The number of aromatic hydroxyl groups is 2. The van der Waals surface area contributed by atoms with E-state index in [4.69, 9.17) is 14.2 Å². The lowest BCUT2D eigenvalue weighted by molar-refractivity contribution is -0.232. The Morgan fingerprint density at radius 3 is 2.51 bits per heavy atom. The normalized spacial score (nSPS) is 29.8. The second-order valence-electron chi connectivity index (χ2n) is 10.1. The van der Waals surface area contributed by atoms with E-state index < -0.39 is 93.6 Å². The van der Waals surface area contributed by atoms with E-state index in [0.717, 1.165) is 0 Å². The molecule has 208 valence electrons. The number of ketones is 3. The maximum Gasteiger partial charge on any atom is 0.202 e. The summed E-state index contributed by atoms with van der Waals surface area (Å²) in [6.45, 7) is 0.725. The predicted octanol–water partition coefficient (Wildman–Crippen LogP) is 1.48. The number of Topliss-reactive ketones (excluding diaryl/α,β-unsaturated/α-hetero) is 1. The molecule has 11 nitrogen and oxygen atoms in total. The molecular weight excluding hydrogens is 627 g/mol. The molecule has 2 aromatic rings. The number of carbonyl (C=O) groups excluding carboxylic acids is 3. The average molecular weight is 654 g/mol. The van der Waals surface area contributed by atoms with Crippen LogP contribution in [0.25, 0.3) is 0 Å². The van der Waals surface area contributed by atoms with Crippen LogP contribution in [0, 0.1) is 0 Å². The third kappa shape index (κ3) is 4.33. The van der Waals surface area contributed by atoms with E-state index >= 15 is 0 Å². The van der Waals surface area contributed by atoms with Crippen LogP contribution in [0.15, 0.2) is 18.2 Å². The number of benzene rings is 2. The molecule has 1 heterocycles. The average Bonchev–Trinajstić information content (AvgIpc) is 2.90. The van der Waals surface area contributed by atoms with Crippen molar-refractivity contribution < 1.29 is 54.1 Å². The predicted molar refractivity (Wildman–Crippen MR) is 142 cm³/mol. The number of alkyl halides is 1. The first-order chi connectivity index (χ1) is 18.4. The number of aliphatic hydroxyl groups excluding tert-OH is 2. The van der Waals surface area contributed by atoms with Crippen LogP contribution in [-0.4, -0.2) is 84.6 Å². The topological polar surface area (TPSA) is 180 Å². The number of aliphatic hydroxyl groups is 3. The molecule has 12 heteroatoms. The van der Waals surface area contributed by atoms with Gasteiger partial charge in [0.2, 0.25) is 5.78 Å². The van der Waals surface area contributed by atoms with E-state index in [1.165, 1.54) is 25.3 Å². The number of hydrogen-bond acceptors (Lipinski definition) is 11. The third-order valence-corrected chi connectivity index (χ3v) is 9.02. The molecule has 2 aromatic carbocycles. The lowest BCUT2D eigenvalue weighted by Gasteiger charge is -2.42. The number of rotatable bonds is 5. The Labute approximate surface area is 236 Å². The van der Waals surface area contributed by atoms with Gasteiger partial charge in [0.1, 0.15) is 29.5 Å². The zero-order valence-corrected chi connectivity index (χ0v) is 23.2. The first-order valence-electron chi connectivity index (χ1n) is 12.3. The Hall–Kier alpha value is -2.62. The van der Waals surface area contributed by atoms with E-state index in [1.54, 1.807) is 6.92 Å². The summed E-state index contributed by atoms with van der Waals surface area (Å²) in [6.07, 6.45) is -4.24. The molecule has 1 fully saturated rings. The van der Waals surface area contributed by atoms with Crippen molar-refractivity contribution in [3.05, 3.63) is 51.6 Å². The Balaban J connectivity index is 1.71. The van der Waals surface area contributed by atoms with Gasteiger partial charge in [-0.2, -0.15) is 0 Å². The summed E-state index contributed by atoms with van der Waals surface area (Å²) >= 11 is 1.95. The van der Waals surface area contributed by atoms with Gasteiger partial charge in [-0.15, -0.1) is 0 Å². The highest BCUT2D eigenvalue weighted by Crippen LogP contribution is 2.52. The molecule has 39 heavy (non-hydrogen) atoms. The van der Waals surface area contributed by atoms with Gasteiger partial charge in [0, 0.05) is 36.0 Å². The Bertz CT molecular complexity index is 1390. The zero-order valence-electron chi connectivity index (χ0n) is 21.0.